The summed E-state index contributed by atoms with van der Waals surface area (Å²) in [5, 5.41) is 0. The van der Waals surface area contributed by atoms with Crippen molar-refractivity contribution in [3.05, 3.63) is 35.4 Å². The number of nitrogens with two attached hydrogens (primary N) is 1. The minimum absolute atomic E-state index is 0.0862. The zero-order valence-electron chi connectivity index (χ0n) is 12.7. The second kappa shape index (κ2) is 6.06. The van der Waals surface area contributed by atoms with Crippen molar-refractivity contribution >= 4 is 0 Å². The summed E-state index contributed by atoms with van der Waals surface area (Å²) in [6.45, 7) is 9.20. The van der Waals surface area contributed by atoms with Crippen molar-refractivity contribution in [2.45, 2.75) is 58.0 Å². The number of rotatable bonds is 5. The molecule has 0 aliphatic carbocycles. The molecule has 1 fully saturated rings. The minimum atomic E-state index is 0.0862. The Morgan fingerprint density at radius 3 is 2.53 bits per heavy atom. The number of nitrogens with zero attached hydrogens (tertiary/aromatic N) is 1. The van der Waals surface area contributed by atoms with E-state index in [0.717, 1.165) is 12.8 Å². The van der Waals surface area contributed by atoms with Crippen LogP contribution in [0.1, 0.15) is 57.2 Å². The Bertz CT molecular complexity index is 409. The predicted molar refractivity (Wildman–Crippen MR) is 82.3 cm³/mol. The van der Waals surface area contributed by atoms with E-state index in [1.54, 1.807) is 0 Å². The van der Waals surface area contributed by atoms with Gasteiger partial charge in [-0.15, -0.1) is 0 Å². The number of likely N-dealkylation sites (tertiary alicyclic amines) is 1. The Morgan fingerprint density at radius 1 is 1.26 bits per heavy atom. The molecule has 0 saturated carbocycles. The van der Waals surface area contributed by atoms with Gasteiger partial charge in [0.15, 0.2) is 0 Å². The Kier molecular flexibility index (Phi) is 4.64. The van der Waals surface area contributed by atoms with Gasteiger partial charge in [0, 0.05) is 11.6 Å². The van der Waals surface area contributed by atoms with Crippen LogP contribution in [0.5, 0.6) is 0 Å². The van der Waals surface area contributed by atoms with Gasteiger partial charge in [-0.2, -0.15) is 0 Å². The number of benzene rings is 1. The maximum atomic E-state index is 6.65. The monoisotopic (exact) mass is 260 g/mol. The van der Waals surface area contributed by atoms with Crippen LogP contribution < -0.4 is 5.73 Å². The highest BCUT2D eigenvalue weighted by atomic mass is 15.2. The second-order valence-corrected chi connectivity index (χ2v) is 5.98. The molecule has 0 aromatic heterocycles. The van der Waals surface area contributed by atoms with E-state index in [-0.39, 0.29) is 11.6 Å². The molecular formula is C17H28N2. The molecule has 0 amide bonds. The number of hydrogen-bond acceptors (Lipinski definition) is 2. The Labute approximate surface area is 118 Å². The van der Waals surface area contributed by atoms with E-state index < -0.39 is 0 Å². The summed E-state index contributed by atoms with van der Waals surface area (Å²) < 4.78 is 0. The summed E-state index contributed by atoms with van der Waals surface area (Å²) in [6, 6.07) is 8.91. The first-order chi connectivity index (χ1) is 9.11. The Morgan fingerprint density at radius 2 is 1.95 bits per heavy atom. The van der Waals surface area contributed by atoms with Crippen molar-refractivity contribution in [1.29, 1.82) is 0 Å². The Hall–Kier alpha value is -0.860. The largest absolute Gasteiger partial charge is 0.322 e. The van der Waals surface area contributed by atoms with Crippen LogP contribution in [0.3, 0.4) is 0 Å². The van der Waals surface area contributed by atoms with Crippen LogP contribution in [0.4, 0.5) is 0 Å². The van der Waals surface area contributed by atoms with Crippen LogP contribution in [0.25, 0.3) is 0 Å². The first-order valence-corrected chi connectivity index (χ1v) is 7.71. The Balaban J connectivity index is 2.25. The quantitative estimate of drug-likeness (QED) is 0.878. The molecule has 2 N–H and O–H groups in total. The fourth-order valence-electron chi connectivity index (χ4n) is 3.23. The van der Waals surface area contributed by atoms with Gasteiger partial charge in [0.1, 0.15) is 0 Å². The van der Waals surface area contributed by atoms with Gasteiger partial charge in [0.25, 0.3) is 0 Å². The molecule has 19 heavy (non-hydrogen) atoms. The van der Waals surface area contributed by atoms with Gasteiger partial charge in [-0.1, -0.05) is 38.1 Å². The fourth-order valence-corrected chi connectivity index (χ4v) is 3.23. The molecule has 2 nitrogen and oxygen atoms in total. The summed E-state index contributed by atoms with van der Waals surface area (Å²) in [6.07, 6.45) is 4.81. The molecule has 2 heteroatoms. The lowest BCUT2D eigenvalue weighted by molar-refractivity contribution is 0.1000. The van der Waals surface area contributed by atoms with Crippen molar-refractivity contribution in [3.8, 4) is 0 Å². The summed E-state index contributed by atoms with van der Waals surface area (Å²) in [4.78, 5) is 2.59. The first kappa shape index (κ1) is 14.5. The molecule has 0 spiro atoms. The fraction of sp³-hybridized carbons (Fsp3) is 0.647. The molecule has 2 atom stereocenters. The van der Waals surface area contributed by atoms with Crippen molar-refractivity contribution in [3.63, 3.8) is 0 Å². The third-order valence-corrected chi connectivity index (χ3v) is 4.93. The SMILES string of the molecule is CCc1cccc(C(N)C(C)(CC)N2CCCC2)c1. The highest BCUT2D eigenvalue weighted by Crippen LogP contribution is 2.35. The summed E-state index contributed by atoms with van der Waals surface area (Å²) in [5.74, 6) is 0. The van der Waals surface area contributed by atoms with E-state index in [1.165, 1.54) is 37.1 Å². The van der Waals surface area contributed by atoms with Gasteiger partial charge in [-0.25, -0.2) is 0 Å². The molecule has 1 heterocycles. The van der Waals surface area contributed by atoms with Crippen molar-refractivity contribution in [2.75, 3.05) is 13.1 Å². The molecule has 1 aliphatic rings. The minimum Gasteiger partial charge on any atom is -0.322 e. The summed E-state index contributed by atoms with van der Waals surface area (Å²) >= 11 is 0. The van der Waals surface area contributed by atoms with Crippen LogP contribution in [0, 0.1) is 0 Å². The summed E-state index contributed by atoms with van der Waals surface area (Å²) in [7, 11) is 0. The summed E-state index contributed by atoms with van der Waals surface area (Å²) in [5.41, 5.74) is 9.40. The normalized spacial score (nSPS) is 21.3. The van der Waals surface area contributed by atoms with Crippen molar-refractivity contribution < 1.29 is 0 Å². The molecular weight excluding hydrogens is 232 g/mol. The molecule has 0 radical (unpaired) electrons. The van der Waals surface area contributed by atoms with Gasteiger partial charge in [0.2, 0.25) is 0 Å². The van der Waals surface area contributed by atoms with Crippen molar-refractivity contribution in [2.24, 2.45) is 5.73 Å². The van der Waals surface area contributed by atoms with Gasteiger partial charge in [-0.3, -0.25) is 4.90 Å². The van der Waals surface area contributed by atoms with E-state index in [9.17, 15) is 0 Å². The molecule has 2 rings (SSSR count). The van der Waals surface area contributed by atoms with Crippen LogP contribution in [0.15, 0.2) is 24.3 Å². The molecule has 1 aromatic carbocycles. The molecule has 1 saturated heterocycles. The third kappa shape index (κ3) is 2.85. The van der Waals surface area contributed by atoms with E-state index in [4.69, 9.17) is 5.73 Å². The lowest BCUT2D eigenvalue weighted by Crippen LogP contribution is -2.51. The molecule has 2 unspecified atom stereocenters. The van der Waals surface area contributed by atoms with Crippen LogP contribution in [-0.2, 0) is 6.42 Å². The lowest BCUT2D eigenvalue weighted by Gasteiger charge is -2.43. The highest BCUT2D eigenvalue weighted by Gasteiger charge is 2.38. The smallest absolute Gasteiger partial charge is 0.0479 e. The third-order valence-electron chi connectivity index (χ3n) is 4.93. The topological polar surface area (TPSA) is 29.3 Å². The molecule has 0 bridgehead atoms. The first-order valence-electron chi connectivity index (χ1n) is 7.71. The van der Waals surface area contributed by atoms with Gasteiger partial charge >= 0.3 is 0 Å². The lowest BCUT2D eigenvalue weighted by atomic mass is 9.83. The molecule has 1 aliphatic heterocycles. The van der Waals surface area contributed by atoms with Crippen LogP contribution >= 0.6 is 0 Å². The van der Waals surface area contributed by atoms with Crippen LogP contribution in [0.2, 0.25) is 0 Å². The highest BCUT2D eigenvalue weighted by molar-refractivity contribution is 5.28. The van der Waals surface area contributed by atoms with E-state index >= 15 is 0 Å². The van der Waals surface area contributed by atoms with E-state index in [2.05, 4.69) is 49.9 Å². The predicted octanol–water partition coefficient (Wildman–Crippen LogP) is 3.51. The number of hydrogen-bond donors (Lipinski definition) is 1. The molecule has 106 valence electrons. The van der Waals surface area contributed by atoms with Gasteiger partial charge in [0.05, 0.1) is 0 Å². The number of aryl methyl sites for hydroxylation is 1. The van der Waals surface area contributed by atoms with Gasteiger partial charge < -0.3 is 5.73 Å². The molecule has 1 aromatic rings. The standard InChI is InChI=1S/C17H28N2/c1-4-14-9-8-10-15(13-14)16(18)17(3,5-2)19-11-6-7-12-19/h8-10,13,16H,4-7,11-12,18H2,1-3H3. The maximum Gasteiger partial charge on any atom is 0.0479 e. The average molecular weight is 260 g/mol. The second-order valence-electron chi connectivity index (χ2n) is 5.98. The average Bonchev–Trinajstić information content (AvgIpc) is 3.00. The van der Waals surface area contributed by atoms with Crippen LogP contribution in [-0.4, -0.2) is 23.5 Å². The van der Waals surface area contributed by atoms with Gasteiger partial charge in [-0.05, 0) is 56.8 Å². The van der Waals surface area contributed by atoms with E-state index in [0.29, 0.717) is 0 Å². The van der Waals surface area contributed by atoms with Crippen molar-refractivity contribution in [1.82, 2.24) is 4.90 Å². The maximum absolute atomic E-state index is 6.65. The zero-order valence-corrected chi connectivity index (χ0v) is 12.7. The van der Waals surface area contributed by atoms with E-state index in [1.807, 2.05) is 0 Å². The zero-order chi connectivity index (χ0) is 13.9.